The Hall–Kier alpha value is -2.40. The van der Waals surface area contributed by atoms with Crippen molar-refractivity contribution in [3.05, 3.63) is 59.9 Å². The van der Waals surface area contributed by atoms with Gasteiger partial charge in [-0.1, -0.05) is 0 Å². The molecule has 0 spiro atoms. The lowest BCUT2D eigenvalue weighted by molar-refractivity contribution is -0.658. The summed E-state index contributed by atoms with van der Waals surface area (Å²) >= 11 is 0. The summed E-state index contributed by atoms with van der Waals surface area (Å²) in [5, 5.41) is 11.7. The highest BCUT2D eigenvalue weighted by Gasteiger charge is 2.51. The molecule has 0 fully saturated rings. The second-order valence-corrected chi connectivity index (χ2v) is 7.22. The first kappa shape index (κ1) is 18.0. The Morgan fingerprint density at radius 3 is 2.52 bits per heavy atom. The first-order valence-corrected chi connectivity index (χ1v) is 9.74. The molecule has 27 heavy (non-hydrogen) atoms. The monoisotopic (exact) mass is 369 g/mol. The standard InChI is InChI=1S/C22H26FN2O2/c1-2-27-20-13-11-19(12-14-20)24-16-22(26,17-7-9-18(23)10-8-17)25-15-5-3-4-6-21(24)25/h7-14,26H,2-6,15-16H2,1H3/q+1/t22-/m1/s1. The fourth-order valence-electron chi connectivity index (χ4n) is 4.16. The third-order valence-electron chi connectivity index (χ3n) is 5.50. The van der Waals surface area contributed by atoms with Gasteiger partial charge < -0.3 is 9.84 Å². The summed E-state index contributed by atoms with van der Waals surface area (Å²) in [6.45, 7) is 3.84. The van der Waals surface area contributed by atoms with Gasteiger partial charge in [-0.05, 0) is 74.7 Å². The first-order chi connectivity index (χ1) is 13.1. The van der Waals surface area contributed by atoms with Crippen LogP contribution in [-0.2, 0) is 5.72 Å². The summed E-state index contributed by atoms with van der Waals surface area (Å²) in [5.74, 6) is 1.70. The Morgan fingerprint density at radius 2 is 1.81 bits per heavy atom. The van der Waals surface area contributed by atoms with Crippen LogP contribution in [0.2, 0.25) is 0 Å². The van der Waals surface area contributed by atoms with Gasteiger partial charge in [0.2, 0.25) is 0 Å². The predicted molar refractivity (Wildman–Crippen MR) is 104 cm³/mol. The van der Waals surface area contributed by atoms with E-state index in [0.717, 1.165) is 55.1 Å². The molecule has 0 saturated carbocycles. The van der Waals surface area contributed by atoms with E-state index in [-0.39, 0.29) is 5.82 Å². The zero-order chi connectivity index (χ0) is 18.9. The molecule has 1 atom stereocenters. The predicted octanol–water partition coefficient (Wildman–Crippen LogP) is 3.87. The number of β-amino-alcohol motifs (C(OH)–C–C–N with tert-alkyl or cyclic N) is 1. The minimum atomic E-state index is -1.15. The lowest BCUT2D eigenvalue weighted by Crippen LogP contribution is -2.41. The number of hydrogen-bond acceptors (Lipinski definition) is 3. The Balaban J connectivity index is 1.73. The van der Waals surface area contributed by atoms with Gasteiger partial charge in [0.15, 0.2) is 6.54 Å². The van der Waals surface area contributed by atoms with Crippen molar-refractivity contribution >= 4 is 11.5 Å². The summed E-state index contributed by atoms with van der Waals surface area (Å²) in [7, 11) is 0. The van der Waals surface area contributed by atoms with Crippen molar-refractivity contribution in [3.63, 3.8) is 0 Å². The minimum Gasteiger partial charge on any atom is -0.494 e. The topological polar surface area (TPSA) is 35.7 Å². The maximum Gasteiger partial charge on any atom is 0.271 e. The number of anilines is 1. The number of aliphatic hydroxyl groups is 1. The second-order valence-electron chi connectivity index (χ2n) is 7.22. The number of nitrogens with zero attached hydrogens (tertiary/aromatic N) is 2. The summed E-state index contributed by atoms with van der Waals surface area (Å²) in [6.07, 6.45) is 4.23. The molecule has 0 saturated heterocycles. The number of halogens is 1. The van der Waals surface area contributed by atoms with Gasteiger partial charge in [-0.25, -0.2) is 13.9 Å². The number of benzene rings is 2. The van der Waals surface area contributed by atoms with Crippen molar-refractivity contribution in [3.8, 4) is 5.75 Å². The molecule has 2 aliphatic heterocycles. The smallest absolute Gasteiger partial charge is 0.271 e. The van der Waals surface area contributed by atoms with Crippen LogP contribution in [0.4, 0.5) is 10.1 Å². The summed E-state index contributed by atoms with van der Waals surface area (Å²) in [4.78, 5) is 2.20. The molecule has 0 unspecified atom stereocenters. The van der Waals surface area contributed by atoms with Gasteiger partial charge >= 0.3 is 0 Å². The van der Waals surface area contributed by atoms with E-state index >= 15 is 0 Å². The van der Waals surface area contributed by atoms with Gasteiger partial charge in [0, 0.05) is 12.0 Å². The molecule has 0 aromatic heterocycles. The first-order valence-electron chi connectivity index (χ1n) is 9.74. The van der Waals surface area contributed by atoms with E-state index in [4.69, 9.17) is 4.74 Å². The highest BCUT2D eigenvalue weighted by atomic mass is 19.1. The Kier molecular flexibility index (Phi) is 4.87. The molecule has 5 heteroatoms. The van der Waals surface area contributed by atoms with Crippen LogP contribution >= 0.6 is 0 Å². The molecule has 0 bridgehead atoms. The Labute approximate surface area is 159 Å². The second kappa shape index (κ2) is 7.31. The highest BCUT2D eigenvalue weighted by Crippen LogP contribution is 2.35. The van der Waals surface area contributed by atoms with E-state index in [1.54, 1.807) is 12.1 Å². The normalized spacial score (nSPS) is 22.6. The zero-order valence-electron chi connectivity index (χ0n) is 15.7. The maximum atomic E-state index is 13.4. The van der Waals surface area contributed by atoms with E-state index < -0.39 is 5.72 Å². The zero-order valence-corrected chi connectivity index (χ0v) is 15.7. The molecule has 2 aromatic rings. The van der Waals surface area contributed by atoms with Crippen molar-refractivity contribution in [2.24, 2.45) is 0 Å². The highest BCUT2D eigenvalue weighted by molar-refractivity contribution is 5.96. The molecule has 0 amide bonds. The molecule has 0 radical (unpaired) electrons. The van der Waals surface area contributed by atoms with Gasteiger partial charge in [0.25, 0.3) is 11.6 Å². The van der Waals surface area contributed by atoms with Crippen molar-refractivity contribution in [1.29, 1.82) is 0 Å². The minimum absolute atomic E-state index is 0.288. The van der Waals surface area contributed by atoms with Crippen LogP contribution in [-0.4, -0.2) is 35.2 Å². The molecule has 4 nitrogen and oxygen atoms in total. The van der Waals surface area contributed by atoms with Gasteiger partial charge in [-0.2, -0.15) is 0 Å². The molecule has 2 aromatic carbocycles. The molecule has 4 rings (SSSR count). The van der Waals surface area contributed by atoms with Crippen LogP contribution in [0.1, 0.15) is 38.2 Å². The Bertz CT molecular complexity index is 832. The SMILES string of the molecule is CCOc1ccc(N2C[C@@](O)(c3ccc(F)cc3)[N+]3=C2CCCCC3)cc1. The average Bonchev–Trinajstić information content (AvgIpc) is 2.84. The molecule has 1 N–H and O–H groups in total. The van der Waals surface area contributed by atoms with Gasteiger partial charge in [-0.3, -0.25) is 0 Å². The summed E-state index contributed by atoms with van der Waals surface area (Å²) in [5.41, 5.74) is 0.626. The molecular formula is C22H26FN2O2+. The van der Waals surface area contributed by atoms with Crippen LogP contribution in [0, 0.1) is 5.82 Å². The number of ether oxygens (including phenoxy) is 1. The van der Waals surface area contributed by atoms with Gasteiger partial charge in [0.05, 0.1) is 13.2 Å². The average molecular weight is 369 g/mol. The van der Waals surface area contributed by atoms with Crippen LogP contribution < -0.4 is 9.64 Å². The van der Waals surface area contributed by atoms with Gasteiger partial charge in [-0.15, -0.1) is 0 Å². The molecule has 142 valence electrons. The van der Waals surface area contributed by atoms with Crippen molar-refractivity contribution in [2.45, 2.75) is 38.3 Å². The van der Waals surface area contributed by atoms with E-state index in [1.165, 1.54) is 12.1 Å². The lowest BCUT2D eigenvalue weighted by Gasteiger charge is -2.23. The van der Waals surface area contributed by atoms with E-state index in [1.807, 2.05) is 31.2 Å². The quantitative estimate of drug-likeness (QED) is 0.831. The van der Waals surface area contributed by atoms with Crippen molar-refractivity contribution in [2.75, 3.05) is 24.6 Å². The summed E-state index contributed by atoms with van der Waals surface area (Å²) in [6, 6.07) is 14.2. The van der Waals surface area contributed by atoms with Crippen LogP contribution in [0.25, 0.3) is 0 Å². The van der Waals surface area contributed by atoms with Crippen molar-refractivity contribution in [1.82, 2.24) is 0 Å². The number of hydrogen-bond donors (Lipinski definition) is 1. The maximum absolute atomic E-state index is 13.4. The number of rotatable bonds is 4. The van der Waals surface area contributed by atoms with Crippen LogP contribution in [0.15, 0.2) is 48.5 Å². The fourth-order valence-corrected chi connectivity index (χ4v) is 4.16. The van der Waals surface area contributed by atoms with Gasteiger partial charge in [0.1, 0.15) is 17.3 Å². The molecule has 2 aliphatic rings. The molecule has 2 heterocycles. The third-order valence-corrected chi connectivity index (χ3v) is 5.50. The van der Waals surface area contributed by atoms with E-state index in [2.05, 4.69) is 9.48 Å². The van der Waals surface area contributed by atoms with E-state index in [0.29, 0.717) is 13.2 Å². The van der Waals surface area contributed by atoms with Crippen molar-refractivity contribution < 1.29 is 18.8 Å². The largest absolute Gasteiger partial charge is 0.494 e. The number of amidine groups is 1. The molecular weight excluding hydrogens is 343 g/mol. The van der Waals surface area contributed by atoms with E-state index in [9.17, 15) is 9.50 Å². The lowest BCUT2D eigenvalue weighted by atomic mass is 10.0. The fraction of sp³-hybridized carbons (Fsp3) is 0.409. The Morgan fingerprint density at radius 1 is 1.07 bits per heavy atom. The van der Waals surface area contributed by atoms with Crippen LogP contribution in [0.5, 0.6) is 5.75 Å². The summed E-state index contributed by atoms with van der Waals surface area (Å²) < 4.78 is 21.1. The van der Waals surface area contributed by atoms with Crippen LogP contribution in [0.3, 0.4) is 0 Å². The molecule has 0 aliphatic carbocycles. The third kappa shape index (κ3) is 3.32.